The van der Waals surface area contributed by atoms with Crippen LogP contribution < -0.4 is 0 Å². The largest absolute Gasteiger partial charge is 0.511 e. The van der Waals surface area contributed by atoms with Gasteiger partial charge >= 0.3 is 6.16 Å². The van der Waals surface area contributed by atoms with Crippen molar-refractivity contribution in [3.8, 4) is 0 Å². The number of aliphatic imine (C=N–C) groups is 1. The molecule has 2 rings (SSSR count). The van der Waals surface area contributed by atoms with Gasteiger partial charge in [0.25, 0.3) is 0 Å². The molecule has 0 aliphatic carbocycles. The summed E-state index contributed by atoms with van der Waals surface area (Å²) in [6.07, 6.45) is 0.896. The first-order valence-electron chi connectivity index (χ1n) is 12.3. The highest BCUT2D eigenvalue weighted by molar-refractivity contribution is 6.18. The number of hydrogen-bond donors (Lipinski definition) is 0. The van der Waals surface area contributed by atoms with Crippen LogP contribution in [0.1, 0.15) is 77.4 Å². The molecule has 1 heterocycles. The average Bonchev–Trinajstić information content (AvgIpc) is 3.15. The lowest BCUT2D eigenvalue weighted by Crippen LogP contribution is -2.20. The van der Waals surface area contributed by atoms with E-state index < -0.39 is 12.4 Å². The molecule has 0 amide bonds. The number of benzene rings is 1. The lowest BCUT2D eigenvalue weighted by molar-refractivity contribution is -0.0676. The molecule has 0 saturated carbocycles. The quantitative estimate of drug-likeness (QED) is 0.164. The van der Waals surface area contributed by atoms with Crippen LogP contribution in [0.5, 0.6) is 0 Å². The van der Waals surface area contributed by atoms with Gasteiger partial charge in [0, 0.05) is 32.3 Å². The first-order chi connectivity index (χ1) is 16.5. The number of hydrogen-bond acceptors (Lipinski definition) is 6. The first kappa shape index (κ1) is 28.1. The number of carbonyl (C=O) groups is 1. The molecule has 0 N–H and O–H groups in total. The fourth-order valence-corrected chi connectivity index (χ4v) is 3.51. The molecule has 192 valence electrons. The number of nitrogens with zero attached hydrogens (tertiary/aromatic N) is 3. The Morgan fingerprint density at radius 2 is 1.80 bits per heavy atom. The Kier molecular flexibility index (Phi) is 10.1. The molecule has 1 unspecified atom stereocenters. The fourth-order valence-electron chi connectivity index (χ4n) is 3.51. The Balaban J connectivity index is 2.47. The van der Waals surface area contributed by atoms with Gasteiger partial charge in [-0.05, 0) is 48.8 Å². The zero-order chi connectivity index (χ0) is 26.2. The van der Waals surface area contributed by atoms with Gasteiger partial charge in [0.2, 0.25) is 6.29 Å². The van der Waals surface area contributed by atoms with E-state index >= 15 is 0 Å². The van der Waals surface area contributed by atoms with E-state index in [1.54, 1.807) is 20.2 Å². The van der Waals surface area contributed by atoms with Crippen molar-refractivity contribution in [2.45, 2.75) is 80.1 Å². The van der Waals surface area contributed by atoms with E-state index in [9.17, 15) is 4.79 Å². The molecular formula is C28H41N3O4. The van der Waals surface area contributed by atoms with Crippen molar-refractivity contribution in [1.82, 2.24) is 9.78 Å². The van der Waals surface area contributed by atoms with Crippen molar-refractivity contribution in [3.63, 3.8) is 0 Å². The molecule has 0 saturated heterocycles. The normalized spacial score (nSPS) is 13.7. The van der Waals surface area contributed by atoms with Crippen LogP contribution in [0.4, 0.5) is 4.79 Å². The molecule has 7 nitrogen and oxygen atoms in total. The molecule has 7 heteroatoms. The second-order valence-electron chi connectivity index (χ2n) is 10.0. The Morgan fingerprint density at radius 3 is 2.34 bits per heavy atom. The molecule has 1 aromatic heterocycles. The van der Waals surface area contributed by atoms with Crippen molar-refractivity contribution in [2.75, 3.05) is 13.7 Å². The average molecular weight is 484 g/mol. The third-order valence-corrected chi connectivity index (χ3v) is 5.46. The van der Waals surface area contributed by atoms with Crippen LogP contribution in [-0.4, -0.2) is 42.1 Å². The second kappa shape index (κ2) is 12.6. The number of carbonyl (C=O) groups excluding carboxylic acids is 1. The third-order valence-electron chi connectivity index (χ3n) is 5.46. The molecule has 1 aromatic carbocycles. The van der Waals surface area contributed by atoms with Gasteiger partial charge in [-0.3, -0.25) is 9.67 Å². The number of allylic oxidation sites excluding steroid dienone is 1. The zero-order valence-corrected chi connectivity index (χ0v) is 22.7. The van der Waals surface area contributed by atoms with E-state index in [2.05, 4.69) is 69.0 Å². The molecule has 35 heavy (non-hydrogen) atoms. The van der Waals surface area contributed by atoms with Crippen LogP contribution in [0, 0.1) is 12.8 Å². The van der Waals surface area contributed by atoms with Gasteiger partial charge in [0.1, 0.15) is 5.69 Å². The summed E-state index contributed by atoms with van der Waals surface area (Å²) in [7, 11) is 1.72. The predicted molar refractivity (Wildman–Crippen MR) is 141 cm³/mol. The van der Waals surface area contributed by atoms with E-state index in [-0.39, 0.29) is 5.41 Å². The molecule has 2 aromatic rings. The summed E-state index contributed by atoms with van der Waals surface area (Å²) in [5.74, 6) is 0.966. The molecule has 0 spiro atoms. The van der Waals surface area contributed by atoms with Gasteiger partial charge in [-0.15, -0.1) is 0 Å². The highest BCUT2D eigenvalue weighted by Gasteiger charge is 2.22. The number of ether oxygens (including phenoxy) is 3. The summed E-state index contributed by atoms with van der Waals surface area (Å²) in [4.78, 5) is 16.5. The molecule has 0 aliphatic heterocycles. The molecule has 0 fully saturated rings. The summed E-state index contributed by atoms with van der Waals surface area (Å²) in [6, 6.07) is 10.3. The van der Waals surface area contributed by atoms with Crippen LogP contribution in [0.25, 0.3) is 11.3 Å². The minimum atomic E-state index is -0.883. The highest BCUT2D eigenvalue weighted by atomic mass is 16.8. The molecular weight excluding hydrogens is 442 g/mol. The number of aromatic nitrogens is 2. The summed E-state index contributed by atoms with van der Waals surface area (Å²) < 4.78 is 18.7. The summed E-state index contributed by atoms with van der Waals surface area (Å²) in [5, 5.41) is 4.58. The van der Waals surface area contributed by atoms with Gasteiger partial charge in [0.05, 0.1) is 12.3 Å². The topological polar surface area (TPSA) is 74.9 Å². The van der Waals surface area contributed by atoms with Crippen LogP contribution >= 0.6 is 0 Å². The highest BCUT2D eigenvalue weighted by Crippen LogP contribution is 2.31. The van der Waals surface area contributed by atoms with E-state index in [0.29, 0.717) is 24.8 Å². The summed E-state index contributed by atoms with van der Waals surface area (Å²) >= 11 is 0. The Labute approximate surface area is 210 Å². The first-order valence-corrected chi connectivity index (χ1v) is 12.3. The van der Waals surface area contributed by atoms with Gasteiger partial charge in [0.15, 0.2) is 5.76 Å². The minimum absolute atomic E-state index is 0.0385. The van der Waals surface area contributed by atoms with Gasteiger partial charge in [-0.25, -0.2) is 4.79 Å². The van der Waals surface area contributed by atoms with Gasteiger partial charge in [-0.2, -0.15) is 5.10 Å². The smallest absolute Gasteiger partial charge is 0.452 e. The van der Waals surface area contributed by atoms with Crippen molar-refractivity contribution in [2.24, 2.45) is 10.9 Å². The van der Waals surface area contributed by atoms with E-state index in [0.717, 1.165) is 28.9 Å². The summed E-state index contributed by atoms with van der Waals surface area (Å²) in [6.45, 7) is 17.3. The van der Waals surface area contributed by atoms with Gasteiger partial charge in [-0.1, -0.05) is 58.9 Å². The van der Waals surface area contributed by atoms with Crippen LogP contribution in [0.3, 0.4) is 0 Å². The number of aryl methyl sites for hydroxylation is 2. The lowest BCUT2D eigenvalue weighted by Gasteiger charge is -2.22. The zero-order valence-electron chi connectivity index (χ0n) is 22.7. The molecule has 0 bridgehead atoms. The van der Waals surface area contributed by atoms with Crippen molar-refractivity contribution in [1.29, 1.82) is 0 Å². The third kappa shape index (κ3) is 8.26. The van der Waals surface area contributed by atoms with Crippen molar-refractivity contribution < 1.29 is 19.0 Å². The summed E-state index contributed by atoms with van der Waals surface area (Å²) in [5.41, 5.74) is 4.62. The Bertz CT molecular complexity index is 1030. The Hall–Kier alpha value is -3.09. The van der Waals surface area contributed by atoms with Crippen molar-refractivity contribution in [3.05, 3.63) is 52.8 Å². The Morgan fingerprint density at radius 1 is 1.14 bits per heavy atom. The standard InChI is InChI=1S/C28H41N3O4/c1-10-31-25(17-20(4)30-31)26(34-21(5)35-27(32)33-16-15-19(2)3)24(18-29-9)22-11-13-23(14-12-22)28(6,7)8/h11-14,17-19,21H,10,15-16H2,1-9H3/b26-24-,29-18?. The maximum absolute atomic E-state index is 12.2. The predicted octanol–water partition coefficient (Wildman–Crippen LogP) is 6.64. The molecule has 0 aliphatic rings. The monoisotopic (exact) mass is 483 g/mol. The van der Waals surface area contributed by atoms with Gasteiger partial charge < -0.3 is 14.2 Å². The lowest BCUT2D eigenvalue weighted by atomic mass is 9.86. The minimum Gasteiger partial charge on any atom is -0.452 e. The second-order valence-corrected chi connectivity index (χ2v) is 10.0. The van der Waals surface area contributed by atoms with Crippen molar-refractivity contribution >= 4 is 23.7 Å². The fraction of sp³-hybridized carbons (Fsp3) is 0.536. The van der Waals surface area contributed by atoms with Crippen LogP contribution in [0.2, 0.25) is 0 Å². The molecule has 0 radical (unpaired) electrons. The number of rotatable bonds is 10. The van der Waals surface area contributed by atoms with E-state index in [1.807, 2.05) is 24.6 Å². The van der Waals surface area contributed by atoms with E-state index in [1.165, 1.54) is 5.56 Å². The maximum Gasteiger partial charge on any atom is 0.511 e. The maximum atomic E-state index is 12.2. The SMILES string of the molecule is CCn1nc(C)cc1/C(OC(C)OC(=O)OCCC(C)C)=C(\C=NC)c1ccc(C(C)(C)C)cc1. The molecule has 1 atom stereocenters. The van der Waals surface area contributed by atoms with E-state index in [4.69, 9.17) is 14.2 Å². The van der Waals surface area contributed by atoms with Crippen LogP contribution in [0.15, 0.2) is 35.3 Å². The van der Waals surface area contributed by atoms with Crippen LogP contribution in [-0.2, 0) is 26.2 Å².